The molecule has 2 N–H and O–H groups in total. The molecule has 1 aliphatic rings. The number of hydrogen-bond donors (Lipinski definition) is 1. The molecule has 0 aromatic rings. The second-order valence-electron chi connectivity index (χ2n) is 5.32. The fourth-order valence-corrected chi connectivity index (χ4v) is 2.47. The number of carbonyl (C=O) groups is 1. The zero-order valence-corrected chi connectivity index (χ0v) is 10.2. The van der Waals surface area contributed by atoms with Gasteiger partial charge in [0.25, 0.3) is 0 Å². The number of primary amides is 1. The molecule has 1 saturated carbocycles. The van der Waals surface area contributed by atoms with Crippen molar-refractivity contribution in [1.82, 2.24) is 0 Å². The summed E-state index contributed by atoms with van der Waals surface area (Å²) < 4.78 is 0. The third-order valence-electron chi connectivity index (χ3n) is 4.20. The molecule has 0 aromatic carbocycles. The van der Waals surface area contributed by atoms with Gasteiger partial charge in [0.15, 0.2) is 0 Å². The van der Waals surface area contributed by atoms with E-state index in [2.05, 4.69) is 6.92 Å². The summed E-state index contributed by atoms with van der Waals surface area (Å²) in [7, 11) is 0. The maximum atomic E-state index is 11.3. The molecule has 0 saturated heterocycles. The Morgan fingerprint density at radius 3 is 2.40 bits per heavy atom. The van der Waals surface area contributed by atoms with E-state index < -0.39 is 0 Å². The van der Waals surface area contributed by atoms with Gasteiger partial charge in [0.2, 0.25) is 5.91 Å². The number of amides is 1. The van der Waals surface area contributed by atoms with E-state index in [9.17, 15) is 4.79 Å². The van der Waals surface area contributed by atoms with E-state index in [1.165, 1.54) is 38.5 Å². The maximum absolute atomic E-state index is 11.3. The van der Waals surface area contributed by atoms with E-state index in [4.69, 9.17) is 5.73 Å². The Hall–Kier alpha value is -0.530. The minimum Gasteiger partial charge on any atom is -0.369 e. The van der Waals surface area contributed by atoms with Crippen molar-refractivity contribution >= 4 is 5.91 Å². The van der Waals surface area contributed by atoms with Gasteiger partial charge in [-0.05, 0) is 25.2 Å². The molecule has 1 rings (SSSR count). The minimum atomic E-state index is -0.266. The summed E-state index contributed by atoms with van der Waals surface area (Å²) >= 11 is 0. The molecule has 2 nitrogen and oxygen atoms in total. The van der Waals surface area contributed by atoms with Crippen molar-refractivity contribution in [2.45, 2.75) is 65.2 Å². The fourth-order valence-electron chi connectivity index (χ4n) is 2.47. The van der Waals surface area contributed by atoms with Gasteiger partial charge in [-0.15, -0.1) is 0 Å². The normalized spacial score (nSPS) is 22.3. The predicted octanol–water partition coefficient (Wildman–Crippen LogP) is 3.25. The highest BCUT2D eigenvalue weighted by atomic mass is 16.1. The summed E-state index contributed by atoms with van der Waals surface area (Å²) in [5.41, 5.74) is 5.19. The SMILES string of the molecule is CCC(C)(CCC1CCCCC1)C(N)=O. The van der Waals surface area contributed by atoms with Crippen LogP contribution in [0.25, 0.3) is 0 Å². The fraction of sp³-hybridized carbons (Fsp3) is 0.923. The highest BCUT2D eigenvalue weighted by molar-refractivity contribution is 5.80. The van der Waals surface area contributed by atoms with Gasteiger partial charge >= 0.3 is 0 Å². The van der Waals surface area contributed by atoms with E-state index in [0.717, 1.165) is 18.8 Å². The van der Waals surface area contributed by atoms with Crippen molar-refractivity contribution in [3.05, 3.63) is 0 Å². The lowest BCUT2D eigenvalue weighted by molar-refractivity contribution is -0.127. The lowest BCUT2D eigenvalue weighted by Gasteiger charge is -2.28. The van der Waals surface area contributed by atoms with Crippen molar-refractivity contribution in [2.75, 3.05) is 0 Å². The van der Waals surface area contributed by atoms with Crippen LogP contribution in [0.1, 0.15) is 65.2 Å². The minimum absolute atomic E-state index is 0.124. The summed E-state index contributed by atoms with van der Waals surface area (Å²) in [6.07, 6.45) is 9.91. The van der Waals surface area contributed by atoms with Crippen LogP contribution in [0.4, 0.5) is 0 Å². The Balaban J connectivity index is 2.36. The zero-order chi connectivity index (χ0) is 11.3. The quantitative estimate of drug-likeness (QED) is 0.745. The van der Waals surface area contributed by atoms with Gasteiger partial charge in [0.05, 0.1) is 0 Å². The van der Waals surface area contributed by atoms with Gasteiger partial charge in [-0.2, -0.15) is 0 Å². The molecule has 1 fully saturated rings. The number of nitrogens with two attached hydrogens (primary N) is 1. The molecular formula is C13H25NO. The van der Waals surface area contributed by atoms with Crippen LogP contribution in [-0.2, 0) is 4.79 Å². The average Bonchev–Trinajstić information content (AvgIpc) is 2.27. The zero-order valence-electron chi connectivity index (χ0n) is 10.2. The van der Waals surface area contributed by atoms with Gasteiger partial charge < -0.3 is 5.73 Å². The van der Waals surface area contributed by atoms with Gasteiger partial charge in [-0.3, -0.25) is 4.79 Å². The van der Waals surface area contributed by atoms with E-state index in [1.807, 2.05) is 6.92 Å². The smallest absolute Gasteiger partial charge is 0.223 e. The van der Waals surface area contributed by atoms with Crippen molar-refractivity contribution in [1.29, 1.82) is 0 Å². The van der Waals surface area contributed by atoms with Crippen LogP contribution >= 0.6 is 0 Å². The summed E-state index contributed by atoms with van der Waals surface area (Å²) in [4.78, 5) is 11.3. The van der Waals surface area contributed by atoms with Crippen molar-refractivity contribution < 1.29 is 4.79 Å². The molecule has 0 aromatic heterocycles. The van der Waals surface area contributed by atoms with Crippen molar-refractivity contribution in [3.8, 4) is 0 Å². The Morgan fingerprint density at radius 1 is 1.33 bits per heavy atom. The van der Waals surface area contributed by atoms with Crippen LogP contribution in [0.2, 0.25) is 0 Å². The topological polar surface area (TPSA) is 43.1 Å². The molecular weight excluding hydrogens is 186 g/mol. The second-order valence-corrected chi connectivity index (χ2v) is 5.32. The van der Waals surface area contributed by atoms with Gasteiger partial charge in [-0.1, -0.05) is 46.0 Å². The van der Waals surface area contributed by atoms with Crippen LogP contribution in [-0.4, -0.2) is 5.91 Å². The molecule has 2 heteroatoms. The summed E-state index contributed by atoms with van der Waals surface area (Å²) in [6, 6.07) is 0. The Bertz CT molecular complexity index is 209. The van der Waals surface area contributed by atoms with Crippen molar-refractivity contribution in [3.63, 3.8) is 0 Å². The Morgan fingerprint density at radius 2 is 1.93 bits per heavy atom. The highest BCUT2D eigenvalue weighted by Gasteiger charge is 2.29. The molecule has 1 atom stereocenters. The van der Waals surface area contributed by atoms with Crippen LogP contribution in [0.3, 0.4) is 0 Å². The van der Waals surface area contributed by atoms with E-state index in [-0.39, 0.29) is 11.3 Å². The van der Waals surface area contributed by atoms with Gasteiger partial charge in [-0.25, -0.2) is 0 Å². The van der Waals surface area contributed by atoms with Gasteiger partial charge in [0, 0.05) is 5.41 Å². The molecule has 0 bridgehead atoms. The largest absolute Gasteiger partial charge is 0.369 e. The first-order valence-electron chi connectivity index (χ1n) is 6.38. The van der Waals surface area contributed by atoms with Crippen molar-refractivity contribution in [2.24, 2.45) is 17.1 Å². The third-order valence-corrected chi connectivity index (χ3v) is 4.20. The molecule has 0 spiro atoms. The van der Waals surface area contributed by atoms with Crippen LogP contribution in [0, 0.1) is 11.3 Å². The Kier molecular flexibility index (Phi) is 4.62. The van der Waals surface area contributed by atoms with E-state index in [0.29, 0.717) is 0 Å². The Labute approximate surface area is 93.6 Å². The van der Waals surface area contributed by atoms with E-state index in [1.54, 1.807) is 0 Å². The first-order valence-corrected chi connectivity index (χ1v) is 6.38. The molecule has 1 unspecified atom stereocenters. The standard InChI is InChI=1S/C13H25NO/c1-3-13(2,12(14)15)10-9-11-7-5-4-6-8-11/h11H,3-10H2,1-2H3,(H2,14,15). The van der Waals surface area contributed by atoms with Crippen LogP contribution < -0.4 is 5.73 Å². The molecule has 1 amide bonds. The number of rotatable bonds is 5. The lowest BCUT2D eigenvalue weighted by Crippen LogP contribution is -2.34. The molecule has 1 aliphatic carbocycles. The molecule has 0 radical (unpaired) electrons. The van der Waals surface area contributed by atoms with E-state index >= 15 is 0 Å². The van der Waals surface area contributed by atoms with Crippen LogP contribution in [0.15, 0.2) is 0 Å². The second kappa shape index (κ2) is 5.53. The summed E-state index contributed by atoms with van der Waals surface area (Å²) in [5.74, 6) is 0.727. The molecule has 0 heterocycles. The average molecular weight is 211 g/mol. The lowest BCUT2D eigenvalue weighted by atomic mass is 9.77. The first kappa shape index (κ1) is 12.5. The summed E-state index contributed by atoms with van der Waals surface area (Å²) in [6.45, 7) is 4.07. The number of hydrogen-bond acceptors (Lipinski definition) is 1. The summed E-state index contributed by atoms with van der Waals surface area (Å²) in [5, 5.41) is 0. The molecule has 88 valence electrons. The predicted molar refractivity (Wildman–Crippen MR) is 63.4 cm³/mol. The monoisotopic (exact) mass is 211 g/mol. The molecule has 0 aliphatic heterocycles. The van der Waals surface area contributed by atoms with Crippen LogP contribution in [0.5, 0.6) is 0 Å². The first-order chi connectivity index (χ1) is 7.08. The molecule has 15 heavy (non-hydrogen) atoms. The third kappa shape index (κ3) is 3.51. The highest BCUT2D eigenvalue weighted by Crippen LogP contribution is 2.33. The number of carbonyl (C=O) groups excluding carboxylic acids is 1. The maximum Gasteiger partial charge on any atom is 0.223 e. The van der Waals surface area contributed by atoms with Gasteiger partial charge in [0.1, 0.15) is 0 Å².